The average molecular weight is 401 g/mol. The van der Waals surface area contributed by atoms with Crippen molar-refractivity contribution in [2.24, 2.45) is 10.9 Å². The van der Waals surface area contributed by atoms with Crippen LogP contribution in [0.3, 0.4) is 0 Å². The normalized spacial score (nSPS) is 22.5. The van der Waals surface area contributed by atoms with E-state index in [0.717, 1.165) is 0 Å². The van der Waals surface area contributed by atoms with Crippen LogP contribution < -0.4 is 10.6 Å². The van der Waals surface area contributed by atoms with Gasteiger partial charge in [-0.25, -0.2) is 12.7 Å². The summed E-state index contributed by atoms with van der Waals surface area (Å²) in [5.74, 6) is -1.05. The van der Waals surface area contributed by atoms with E-state index in [1.165, 1.54) is 4.31 Å². The Kier molecular flexibility index (Phi) is 9.15. The summed E-state index contributed by atoms with van der Waals surface area (Å²) in [5.41, 5.74) is 0. The highest BCUT2D eigenvalue weighted by Gasteiger charge is 2.42. The lowest BCUT2D eigenvalue weighted by Gasteiger charge is -2.32. The van der Waals surface area contributed by atoms with Gasteiger partial charge in [0.05, 0.1) is 18.2 Å². The minimum Gasteiger partial charge on any atom is -0.357 e. The van der Waals surface area contributed by atoms with Gasteiger partial charge < -0.3 is 10.6 Å². The van der Waals surface area contributed by atoms with Crippen LogP contribution in [0.2, 0.25) is 0 Å². The van der Waals surface area contributed by atoms with Crippen molar-refractivity contribution in [2.45, 2.75) is 58.7 Å². The van der Waals surface area contributed by atoms with E-state index in [9.17, 15) is 21.6 Å². The summed E-state index contributed by atoms with van der Waals surface area (Å²) in [4.78, 5) is 4.24. The number of sulfonamides is 1. The van der Waals surface area contributed by atoms with Gasteiger partial charge >= 0.3 is 6.18 Å². The standard InChI is InChI=1S/C16H31F3N4O2S/c1-4-20-15(21-10-11-26(24,25)23(5-2)6-3)22-14-9-7-8-13(12-14)16(17,18)19/h13-14H,4-12H2,1-3H3,(H2,20,21,22). The summed E-state index contributed by atoms with van der Waals surface area (Å²) in [5, 5.41) is 6.01. The van der Waals surface area contributed by atoms with Gasteiger partial charge in [-0.3, -0.25) is 4.99 Å². The molecule has 0 bridgehead atoms. The quantitative estimate of drug-likeness (QED) is 0.485. The van der Waals surface area contributed by atoms with Gasteiger partial charge in [0, 0.05) is 25.7 Å². The van der Waals surface area contributed by atoms with Crippen LogP contribution in [-0.2, 0) is 10.0 Å². The summed E-state index contributed by atoms with van der Waals surface area (Å²) in [7, 11) is -3.37. The van der Waals surface area contributed by atoms with Crippen LogP contribution in [0.15, 0.2) is 4.99 Å². The fourth-order valence-electron chi connectivity index (χ4n) is 3.15. The number of hydrogen-bond acceptors (Lipinski definition) is 3. The molecule has 6 nitrogen and oxygen atoms in total. The molecule has 1 saturated carbocycles. The van der Waals surface area contributed by atoms with E-state index in [1.807, 2.05) is 6.92 Å². The van der Waals surface area contributed by atoms with Crippen molar-refractivity contribution in [3.8, 4) is 0 Å². The largest absolute Gasteiger partial charge is 0.391 e. The number of alkyl halides is 3. The molecule has 0 spiro atoms. The third-order valence-corrected chi connectivity index (χ3v) is 6.54. The fourth-order valence-corrected chi connectivity index (χ4v) is 4.52. The van der Waals surface area contributed by atoms with Crippen LogP contribution in [0, 0.1) is 5.92 Å². The third kappa shape index (κ3) is 7.30. The van der Waals surface area contributed by atoms with Crippen molar-refractivity contribution in [3.63, 3.8) is 0 Å². The van der Waals surface area contributed by atoms with Crippen LogP contribution >= 0.6 is 0 Å². The molecule has 26 heavy (non-hydrogen) atoms. The Morgan fingerprint density at radius 3 is 2.38 bits per heavy atom. The van der Waals surface area contributed by atoms with Gasteiger partial charge in [0.25, 0.3) is 0 Å². The Bertz CT molecular complexity index is 548. The minimum absolute atomic E-state index is 0.0195. The molecule has 1 fully saturated rings. The van der Waals surface area contributed by atoms with E-state index < -0.39 is 22.1 Å². The molecule has 0 aromatic carbocycles. The monoisotopic (exact) mass is 400 g/mol. The molecule has 2 unspecified atom stereocenters. The van der Waals surface area contributed by atoms with Gasteiger partial charge in [0.1, 0.15) is 0 Å². The van der Waals surface area contributed by atoms with Crippen LogP contribution in [0.1, 0.15) is 46.5 Å². The zero-order valence-electron chi connectivity index (χ0n) is 15.8. The van der Waals surface area contributed by atoms with Crippen molar-refractivity contribution in [2.75, 3.05) is 31.9 Å². The van der Waals surface area contributed by atoms with E-state index in [4.69, 9.17) is 0 Å². The first-order chi connectivity index (χ1) is 12.1. The zero-order valence-corrected chi connectivity index (χ0v) is 16.6. The molecular formula is C16H31F3N4O2S. The van der Waals surface area contributed by atoms with Crippen LogP contribution in [-0.4, -0.2) is 62.8 Å². The summed E-state index contributed by atoms with van der Waals surface area (Å²) < 4.78 is 64.5. The Hall–Kier alpha value is -1.03. The summed E-state index contributed by atoms with van der Waals surface area (Å²) in [6.45, 7) is 6.81. The Labute approximate surface area is 154 Å². The second-order valence-electron chi connectivity index (χ2n) is 6.41. The maximum absolute atomic E-state index is 12.9. The van der Waals surface area contributed by atoms with Gasteiger partial charge in [-0.2, -0.15) is 13.2 Å². The Balaban J connectivity index is 2.66. The molecule has 154 valence electrons. The molecule has 0 radical (unpaired) electrons. The van der Waals surface area contributed by atoms with E-state index in [-0.39, 0.29) is 31.2 Å². The zero-order chi connectivity index (χ0) is 19.8. The molecule has 2 N–H and O–H groups in total. The van der Waals surface area contributed by atoms with Crippen molar-refractivity contribution in [1.82, 2.24) is 14.9 Å². The lowest BCUT2D eigenvalue weighted by atomic mass is 9.85. The van der Waals surface area contributed by atoms with Crippen molar-refractivity contribution in [3.05, 3.63) is 0 Å². The fraction of sp³-hybridized carbons (Fsp3) is 0.938. The van der Waals surface area contributed by atoms with Crippen LogP contribution in [0.25, 0.3) is 0 Å². The Morgan fingerprint density at radius 1 is 1.19 bits per heavy atom. The van der Waals surface area contributed by atoms with E-state index in [0.29, 0.717) is 38.4 Å². The number of rotatable bonds is 8. The predicted molar refractivity (Wildman–Crippen MR) is 97.6 cm³/mol. The molecule has 0 heterocycles. The summed E-state index contributed by atoms with van der Waals surface area (Å²) in [6, 6.07) is -0.312. The summed E-state index contributed by atoms with van der Waals surface area (Å²) >= 11 is 0. The minimum atomic E-state index is -4.17. The third-order valence-electron chi connectivity index (χ3n) is 4.54. The van der Waals surface area contributed by atoms with Crippen LogP contribution in [0.4, 0.5) is 13.2 Å². The predicted octanol–water partition coefficient (Wildman–Crippen LogP) is 2.33. The first-order valence-electron chi connectivity index (χ1n) is 9.23. The number of guanidine groups is 1. The van der Waals surface area contributed by atoms with Crippen molar-refractivity contribution in [1.29, 1.82) is 0 Å². The maximum Gasteiger partial charge on any atom is 0.391 e. The molecule has 10 heteroatoms. The molecule has 0 aliphatic heterocycles. The molecule has 1 rings (SSSR count). The average Bonchev–Trinajstić information content (AvgIpc) is 2.55. The number of halogens is 3. The molecule has 0 aromatic heterocycles. The number of hydrogen-bond donors (Lipinski definition) is 2. The van der Waals surface area contributed by atoms with Gasteiger partial charge in [-0.1, -0.05) is 20.3 Å². The molecule has 1 aliphatic carbocycles. The van der Waals surface area contributed by atoms with E-state index >= 15 is 0 Å². The SMILES string of the molecule is CCNC(=NCCS(=O)(=O)N(CC)CC)NC1CCCC(C(F)(F)F)C1. The highest BCUT2D eigenvalue weighted by molar-refractivity contribution is 7.89. The molecule has 1 aliphatic rings. The van der Waals surface area contributed by atoms with E-state index in [2.05, 4.69) is 15.6 Å². The molecule has 0 saturated heterocycles. The number of nitrogens with zero attached hydrogens (tertiary/aromatic N) is 2. The highest BCUT2D eigenvalue weighted by atomic mass is 32.2. The first kappa shape index (κ1) is 23.0. The summed E-state index contributed by atoms with van der Waals surface area (Å²) in [6.07, 6.45) is -2.83. The van der Waals surface area contributed by atoms with Crippen LogP contribution in [0.5, 0.6) is 0 Å². The maximum atomic E-state index is 12.9. The second-order valence-corrected chi connectivity index (χ2v) is 8.50. The lowest BCUT2D eigenvalue weighted by molar-refractivity contribution is -0.183. The molecular weight excluding hydrogens is 369 g/mol. The molecule has 2 atom stereocenters. The topological polar surface area (TPSA) is 73.8 Å². The molecule has 0 aromatic rings. The Morgan fingerprint density at radius 2 is 1.85 bits per heavy atom. The lowest BCUT2D eigenvalue weighted by Crippen LogP contribution is -2.47. The molecule has 0 amide bonds. The highest BCUT2D eigenvalue weighted by Crippen LogP contribution is 2.37. The van der Waals surface area contributed by atoms with Gasteiger partial charge in [0.15, 0.2) is 5.96 Å². The smallest absolute Gasteiger partial charge is 0.357 e. The van der Waals surface area contributed by atoms with Crippen molar-refractivity contribution >= 4 is 16.0 Å². The van der Waals surface area contributed by atoms with Gasteiger partial charge in [0.2, 0.25) is 10.0 Å². The second kappa shape index (κ2) is 10.3. The van der Waals surface area contributed by atoms with Gasteiger partial charge in [-0.05, 0) is 26.2 Å². The number of aliphatic imine (C=N–C) groups is 1. The van der Waals surface area contributed by atoms with E-state index in [1.54, 1.807) is 13.8 Å². The van der Waals surface area contributed by atoms with Crippen molar-refractivity contribution < 1.29 is 21.6 Å². The first-order valence-corrected chi connectivity index (χ1v) is 10.8. The van der Waals surface area contributed by atoms with Gasteiger partial charge in [-0.15, -0.1) is 0 Å². The number of nitrogens with one attached hydrogen (secondary N) is 2.